The van der Waals surface area contributed by atoms with Gasteiger partial charge in [-0.25, -0.2) is 13.2 Å². The third-order valence-corrected chi connectivity index (χ3v) is 6.43. The van der Waals surface area contributed by atoms with E-state index in [9.17, 15) is 13.2 Å². The number of urea groups is 1. The summed E-state index contributed by atoms with van der Waals surface area (Å²) in [5, 5.41) is 3.07. The van der Waals surface area contributed by atoms with Crippen molar-refractivity contribution in [2.75, 3.05) is 12.8 Å². The summed E-state index contributed by atoms with van der Waals surface area (Å²) in [6, 6.07) is 14.6. The van der Waals surface area contributed by atoms with Crippen molar-refractivity contribution in [3.8, 4) is 0 Å². The van der Waals surface area contributed by atoms with Crippen molar-refractivity contribution in [1.29, 1.82) is 0 Å². The molecule has 0 saturated carbocycles. The summed E-state index contributed by atoms with van der Waals surface area (Å²) in [6.45, 7) is 5.25. The van der Waals surface area contributed by atoms with Crippen LogP contribution in [0, 0.1) is 5.41 Å². The van der Waals surface area contributed by atoms with Crippen LogP contribution in [0.5, 0.6) is 0 Å². The van der Waals surface area contributed by atoms with Crippen LogP contribution in [0.15, 0.2) is 53.4 Å². The molecule has 0 aliphatic carbocycles. The molecule has 1 saturated heterocycles. The van der Waals surface area contributed by atoms with Crippen molar-refractivity contribution >= 4 is 27.5 Å². The number of nitrogens with one attached hydrogen (secondary N) is 1. The Morgan fingerprint density at radius 2 is 1.89 bits per heavy atom. The fourth-order valence-electron chi connectivity index (χ4n) is 3.62. The van der Waals surface area contributed by atoms with Gasteiger partial charge in [0.15, 0.2) is 9.84 Å². The third kappa shape index (κ3) is 4.12. The molecule has 2 aromatic carbocycles. The Kier molecular flexibility index (Phi) is 5.23. The Balaban J connectivity index is 1.69. The summed E-state index contributed by atoms with van der Waals surface area (Å²) in [5.74, 6) is 0. The first-order valence-corrected chi connectivity index (χ1v) is 10.9. The summed E-state index contributed by atoms with van der Waals surface area (Å²) in [6.07, 6.45) is 1.12. The van der Waals surface area contributed by atoms with Gasteiger partial charge >= 0.3 is 6.03 Å². The first-order valence-electron chi connectivity index (χ1n) is 8.67. The minimum absolute atomic E-state index is 0.0130. The first kappa shape index (κ1) is 19.7. The number of likely N-dealkylation sites (tertiary alicyclic amines) is 1. The molecule has 0 radical (unpaired) electrons. The fourth-order valence-corrected chi connectivity index (χ4v) is 4.97. The minimum Gasteiger partial charge on any atom is -0.334 e. The van der Waals surface area contributed by atoms with Crippen LogP contribution in [-0.4, -0.2) is 32.1 Å². The molecule has 1 unspecified atom stereocenters. The maximum atomic E-state index is 12.7. The zero-order valence-electron chi connectivity index (χ0n) is 15.6. The monoisotopic (exact) mass is 406 g/mol. The number of benzene rings is 2. The molecular formula is C20H23ClN2O3S. The van der Waals surface area contributed by atoms with E-state index in [1.165, 1.54) is 6.07 Å². The number of rotatable bonds is 4. The number of halogens is 1. The molecule has 144 valence electrons. The smallest absolute Gasteiger partial charge is 0.318 e. The largest absolute Gasteiger partial charge is 0.334 e. The van der Waals surface area contributed by atoms with Crippen LogP contribution in [0.3, 0.4) is 0 Å². The lowest BCUT2D eigenvalue weighted by molar-refractivity contribution is -0.0165. The quantitative estimate of drug-likeness (QED) is 0.833. The number of hydrogen-bond acceptors (Lipinski definition) is 3. The first-order chi connectivity index (χ1) is 12.6. The molecule has 3 rings (SSSR count). The van der Waals surface area contributed by atoms with Crippen LogP contribution in [0.25, 0.3) is 0 Å². The van der Waals surface area contributed by atoms with Gasteiger partial charge in [0.2, 0.25) is 0 Å². The Bertz CT molecular complexity index is 958. The number of nitrogens with zero attached hydrogens (tertiary/aromatic N) is 1. The van der Waals surface area contributed by atoms with Gasteiger partial charge in [0.1, 0.15) is 0 Å². The van der Waals surface area contributed by atoms with Gasteiger partial charge in [-0.2, -0.15) is 0 Å². The Labute approximate surface area is 165 Å². The van der Waals surface area contributed by atoms with E-state index in [1.807, 2.05) is 35.2 Å². The average Bonchev–Trinajstić information content (AvgIpc) is 2.57. The molecule has 5 nitrogen and oxygen atoms in total. The molecule has 1 heterocycles. The Morgan fingerprint density at radius 1 is 1.22 bits per heavy atom. The molecule has 1 aliphatic rings. The number of hydrogen-bond donors (Lipinski definition) is 1. The van der Waals surface area contributed by atoms with Crippen LogP contribution in [0.1, 0.15) is 31.0 Å². The van der Waals surface area contributed by atoms with Gasteiger partial charge in [0.25, 0.3) is 0 Å². The molecule has 1 N–H and O–H groups in total. The van der Waals surface area contributed by atoms with E-state index in [0.29, 0.717) is 6.54 Å². The van der Waals surface area contributed by atoms with Crippen molar-refractivity contribution in [2.24, 2.45) is 5.41 Å². The zero-order chi connectivity index (χ0) is 19.8. The highest BCUT2D eigenvalue weighted by Crippen LogP contribution is 2.48. The van der Waals surface area contributed by atoms with Crippen molar-refractivity contribution in [3.63, 3.8) is 0 Å². The molecule has 2 aromatic rings. The van der Waals surface area contributed by atoms with Gasteiger partial charge in [-0.15, -0.1) is 0 Å². The summed E-state index contributed by atoms with van der Waals surface area (Å²) < 4.78 is 23.3. The lowest BCUT2D eigenvalue weighted by Crippen LogP contribution is -2.60. The second-order valence-electron chi connectivity index (χ2n) is 7.63. The number of amides is 2. The van der Waals surface area contributed by atoms with Crippen LogP contribution < -0.4 is 5.32 Å². The molecular weight excluding hydrogens is 384 g/mol. The van der Waals surface area contributed by atoms with Crippen molar-refractivity contribution in [1.82, 2.24) is 10.2 Å². The molecule has 7 heteroatoms. The van der Waals surface area contributed by atoms with Crippen LogP contribution in [0.4, 0.5) is 4.79 Å². The van der Waals surface area contributed by atoms with Crippen LogP contribution in [0.2, 0.25) is 5.02 Å². The normalized spacial score (nSPS) is 18.7. The predicted octanol–water partition coefficient (Wildman–Crippen LogP) is 4.04. The molecule has 2 amide bonds. The van der Waals surface area contributed by atoms with E-state index >= 15 is 0 Å². The Morgan fingerprint density at radius 3 is 2.44 bits per heavy atom. The van der Waals surface area contributed by atoms with E-state index in [4.69, 9.17) is 11.6 Å². The Hall–Kier alpha value is -2.05. The standard InChI is InChI=1S/C20H23ClN2O3S/c1-20(2)13-23(18(20)15-7-5-4-6-8-15)19(24)22-12-14-9-10-17(16(21)11-14)27(3,25)26/h4-11,18H,12-13H2,1-3H3,(H,22,24). The molecule has 0 aromatic heterocycles. The van der Waals surface area contributed by atoms with E-state index in [0.717, 1.165) is 17.4 Å². The minimum atomic E-state index is -3.37. The lowest BCUT2D eigenvalue weighted by atomic mass is 9.72. The van der Waals surface area contributed by atoms with E-state index < -0.39 is 9.84 Å². The molecule has 1 fully saturated rings. The topological polar surface area (TPSA) is 66.5 Å². The SMILES string of the molecule is CC1(C)CN(C(=O)NCc2ccc(S(C)(=O)=O)c(Cl)c2)C1c1ccccc1. The second-order valence-corrected chi connectivity index (χ2v) is 10.0. The third-order valence-electron chi connectivity index (χ3n) is 4.85. The van der Waals surface area contributed by atoms with Crippen LogP contribution in [-0.2, 0) is 16.4 Å². The molecule has 27 heavy (non-hydrogen) atoms. The lowest BCUT2D eigenvalue weighted by Gasteiger charge is -2.54. The number of sulfone groups is 1. The second kappa shape index (κ2) is 7.17. The van der Waals surface area contributed by atoms with Crippen molar-refractivity contribution < 1.29 is 13.2 Å². The summed E-state index contributed by atoms with van der Waals surface area (Å²) in [5.41, 5.74) is 1.88. The highest BCUT2D eigenvalue weighted by molar-refractivity contribution is 7.90. The fraction of sp³-hybridized carbons (Fsp3) is 0.350. The zero-order valence-corrected chi connectivity index (χ0v) is 17.1. The van der Waals surface area contributed by atoms with Gasteiger partial charge in [-0.05, 0) is 23.3 Å². The average molecular weight is 407 g/mol. The van der Waals surface area contributed by atoms with Gasteiger partial charge in [-0.1, -0.05) is 61.8 Å². The van der Waals surface area contributed by atoms with Crippen LogP contribution >= 0.6 is 11.6 Å². The van der Waals surface area contributed by atoms with E-state index in [-0.39, 0.29) is 34.0 Å². The summed E-state index contributed by atoms with van der Waals surface area (Å²) in [7, 11) is -3.37. The van der Waals surface area contributed by atoms with E-state index in [2.05, 4.69) is 19.2 Å². The van der Waals surface area contributed by atoms with Gasteiger partial charge in [-0.3, -0.25) is 0 Å². The predicted molar refractivity (Wildman–Crippen MR) is 106 cm³/mol. The maximum absolute atomic E-state index is 12.7. The maximum Gasteiger partial charge on any atom is 0.318 e. The van der Waals surface area contributed by atoms with E-state index in [1.54, 1.807) is 12.1 Å². The van der Waals surface area contributed by atoms with Crippen molar-refractivity contribution in [3.05, 3.63) is 64.7 Å². The molecule has 1 atom stereocenters. The number of carbonyl (C=O) groups is 1. The van der Waals surface area contributed by atoms with Gasteiger partial charge in [0.05, 0.1) is 16.0 Å². The molecule has 1 aliphatic heterocycles. The van der Waals surface area contributed by atoms with Gasteiger partial charge < -0.3 is 10.2 Å². The molecule has 0 bridgehead atoms. The summed E-state index contributed by atoms with van der Waals surface area (Å²) >= 11 is 6.07. The number of carbonyl (C=O) groups excluding carboxylic acids is 1. The molecule has 0 spiro atoms. The summed E-state index contributed by atoms with van der Waals surface area (Å²) in [4.78, 5) is 14.6. The van der Waals surface area contributed by atoms with Gasteiger partial charge in [0, 0.05) is 24.8 Å². The van der Waals surface area contributed by atoms with Crippen molar-refractivity contribution in [2.45, 2.75) is 31.3 Å². The highest BCUT2D eigenvalue weighted by atomic mass is 35.5. The highest BCUT2D eigenvalue weighted by Gasteiger charge is 2.48.